The monoisotopic (exact) mass is 193 g/mol. The second-order valence-corrected chi connectivity index (χ2v) is 3.73. The Bertz CT molecular complexity index is 295. The van der Waals surface area contributed by atoms with Gasteiger partial charge in [-0.2, -0.15) is 0 Å². The summed E-state index contributed by atoms with van der Waals surface area (Å²) in [5, 5.41) is 8.77. The van der Waals surface area contributed by atoms with Gasteiger partial charge in [-0.15, -0.1) is 0 Å². The van der Waals surface area contributed by atoms with Crippen LogP contribution in [-0.4, -0.2) is 16.1 Å². The minimum Gasteiger partial charge on any atom is -0.481 e. The highest BCUT2D eigenvalue weighted by Gasteiger charge is 2.18. The summed E-state index contributed by atoms with van der Waals surface area (Å²) in [4.78, 5) is 14.7. The lowest BCUT2D eigenvalue weighted by atomic mass is 9.87. The third-order valence-electron chi connectivity index (χ3n) is 2.31. The summed E-state index contributed by atoms with van der Waals surface area (Å²) in [6.45, 7) is 4.06. The van der Waals surface area contributed by atoms with Crippen molar-refractivity contribution >= 4 is 5.97 Å². The van der Waals surface area contributed by atoms with Crippen LogP contribution in [0.15, 0.2) is 24.5 Å². The van der Waals surface area contributed by atoms with Gasteiger partial charge in [-0.05, 0) is 23.5 Å². The smallest absolute Gasteiger partial charge is 0.303 e. The molecule has 1 N–H and O–H groups in total. The maximum atomic E-state index is 10.7. The van der Waals surface area contributed by atoms with Crippen molar-refractivity contribution in [3.8, 4) is 0 Å². The molecule has 0 saturated carbocycles. The summed E-state index contributed by atoms with van der Waals surface area (Å²) in [6, 6.07) is 3.77. The van der Waals surface area contributed by atoms with Gasteiger partial charge in [0.15, 0.2) is 0 Å². The Kier molecular flexibility index (Phi) is 3.63. The minimum absolute atomic E-state index is 0.0567. The van der Waals surface area contributed by atoms with Gasteiger partial charge in [-0.25, -0.2) is 0 Å². The predicted octanol–water partition coefficient (Wildman–Crippen LogP) is 2.30. The van der Waals surface area contributed by atoms with Crippen molar-refractivity contribution < 1.29 is 9.90 Å². The molecule has 76 valence electrons. The number of carboxylic acid groups (broad SMARTS) is 1. The fourth-order valence-corrected chi connectivity index (χ4v) is 1.52. The molecule has 0 aliphatic carbocycles. The van der Waals surface area contributed by atoms with Gasteiger partial charge in [0.1, 0.15) is 0 Å². The molecule has 0 fully saturated rings. The van der Waals surface area contributed by atoms with E-state index < -0.39 is 5.97 Å². The highest BCUT2D eigenvalue weighted by atomic mass is 16.4. The van der Waals surface area contributed by atoms with E-state index in [1.807, 2.05) is 26.0 Å². The molecule has 14 heavy (non-hydrogen) atoms. The Balaban J connectivity index is 2.83. The van der Waals surface area contributed by atoms with Crippen LogP contribution in [-0.2, 0) is 4.79 Å². The topological polar surface area (TPSA) is 50.2 Å². The van der Waals surface area contributed by atoms with Crippen molar-refractivity contribution in [3.05, 3.63) is 30.1 Å². The van der Waals surface area contributed by atoms with Crippen molar-refractivity contribution in [2.75, 3.05) is 0 Å². The van der Waals surface area contributed by atoms with Crippen molar-refractivity contribution in [1.29, 1.82) is 0 Å². The zero-order valence-corrected chi connectivity index (χ0v) is 8.47. The highest BCUT2D eigenvalue weighted by Crippen LogP contribution is 2.26. The molecule has 0 amide bonds. The zero-order valence-electron chi connectivity index (χ0n) is 8.47. The standard InChI is InChI=1S/C11H15NO2/c1-8(2)10(6-11(13)14)9-4-3-5-12-7-9/h3-5,7-8,10H,6H2,1-2H3,(H,13,14)/t10-/m0/s1. The number of hydrogen-bond acceptors (Lipinski definition) is 2. The maximum absolute atomic E-state index is 10.7. The number of aromatic nitrogens is 1. The highest BCUT2D eigenvalue weighted by molar-refractivity contribution is 5.68. The maximum Gasteiger partial charge on any atom is 0.303 e. The lowest BCUT2D eigenvalue weighted by Crippen LogP contribution is -2.12. The van der Waals surface area contributed by atoms with Gasteiger partial charge < -0.3 is 5.11 Å². The molecule has 1 aromatic heterocycles. The number of carboxylic acids is 1. The molecular weight excluding hydrogens is 178 g/mol. The Morgan fingerprint density at radius 1 is 1.57 bits per heavy atom. The number of pyridine rings is 1. The molecule has 1 atom stereocenters. The van der Waals surface area contributed by atoms with E-state index in [9.17, 15) is 4.79 Å². The minimum atomic E-state index is -0.757. The number of aliphatic carboxylic acids is 1. The predicted molar refractivity (Wildman–Crippen MR) is 54.1 cm³/mol. The Morgan fingerprint density at radius 3 is 2.71 bits per heavy atom. The second-order valence-electron chi connectivity index (χ2n) is 3.73. The molecule has 0 radical (unpaired) electrons. The number of carbonyl (C=O) groups is 1. The Labute approximate surface area is 83.8 Å². The molecule has 1 heterocycles. The first kappa shape index (κ1) is 10.7. The van der Waals surface area contributed by atoms with E-state index in [1.165, 1.54) is 0 Å². The van der Waals surface area contributed by atoms with Crippen molar-refractivity contribution in [2.45, 2.75) is 26.2 Å². The zero-order chi connectivity index (χ0) is 10.6. The first-order chi connectivity index (χ1) is 6.61. The molecule has 0 aromatic carbocycles. The fraction of sp³-hybridized carbons (Fsp3) is 0.455. The number of rotatable bonds is 4. The van der Waals surface area contributed by atoms with Crippen molar-refractivity contribution in [1.82, 2.24) is 4.98 Å². The Hall–Kier alpha value is -1.38. The largest absolute Gasteiger partial charge is 0.481 e. The third-order valence-corrected chi connectivity index (χ3v) is 2.31. The molecule has 0 saturated heterocycles. The SMILES string of the molecule is CC(C)[C@H](CC(=O)O)c1cccnc1. The molecule has 0 aliphatic heterocycles. The van der Waals surface area contributed by atoms with E-state index in [-0.39, 0.29) is 12.3 Å². The second kappa shape index (κ2) is 4.74. The van der Waals surface area contributed by atoms with Crippen LogP contribution in [0.25, 0.3) is 0 Å². The van der Waals surface area contributed by atoms with Crippen LogP contribution in [0, 0.1) is 5.92 Å². The molecular formula is C11H15NO2. The van der Waals surface area contributed by atoms with Gasteiger partial charge in [-0.3, -0.25) is 9.78 Å². The van der Waals surface area contributed by atoms with Crippen LogP contribution in [0.1, 0.15) is 31.7 Å². The summed E-state index contributed by atoms with van der Waals surface area (Å²) in [5.74, 6) is -0.385. The van der Waals surface area contributed by atoms with Gasteiger partial charge in [-0.1, -0.05) is 19.9 Å². The molecule has 3 nitrogen and oxygen atoms in total. The van der Waals surface area contributed by atoms with Crippen molar-refractivity contribution in [3.63, 3.8) is 0 Å². The van der Waals surface area contributed by atoms with Gasteiger partial charge in [0.05, 0.1) is 6.42 Å². The molecule has 0 bridgehead atoms. The molecule has 0 spiro atoms. The van der Waals surface area contributed by atoms with E-state index in [0.717, 1.165) is 5.56 Å². The van der Waals surface area contributed by atoms with E-state index in [1.54, 1.807) is 12.4 Å². The lowest BCUT2D eigenvalue weighted by Gasteiger charge is -2.18. The van der Waals surface area contributed by atoms with E-state index >= 15 is 0 Å². The fourth-order valence-electron chi connectivity index (χ4n) is 1.52. The number of hydrogen-bond donors (Lipinski definition) is 1. The average molecular weight is 193 g/mol. The van der Waals surface area contributed by atoms with Crippen LogP contribution < -0.4 is 0 Å². The van der Waals surface area contributed by atoms with Crippen LogP contribution in [0.3, 0.4) is 0 Å². The van der Waals surface area contributed by atoms with Gasteiger partial charge in [0.2, 0.25) is 0 Å². The number of nitrogens with zero attached hydrogens (tertiary/aromatic N) is 1. The molecule has 1 aromatic rings. The van der Waals surface area contributed by atoms with Crippen LogP contribution in [0.4, 0.5) is 0 Å². The van der Waals surface area contributed by atoms with E-state index in [2.05, 4.69) is 4.98 Å². The van der Waals surface area contributed by atoms with Gasteiger partial charge in [0.25, 0.3) is 0 Å². The van der Waals surface area contributed by atoms with Crippen LogP contribution in [0.5, 0.6) is 0 Å². The normalized spacial score (nSPS) is 12.8. The van der Waals surface area contributed by atoms with E-state index in [4.69, 9.17) is 5.11 Å². The quantitative estimate of drug-likeness (QED) is 0.798. The Morgan fingerprint density at radius 2 is 2.29 bits per heavy atom. The summed E-state index contributed by atoms with van der Waals surface area (Å²) in [5.41, 5.74) is 1.00. The molecule has 0 unspecified atom stereocenters. The van der Waals surface area contributed by atoms with E-state index in [0.29, 0.717) is 5.92 Å². The average Bonchev–Trinajstić information content (AvgIpc) is 2.15. The summed E-state index contributed by atoms with van der Waals surface area (Å²) in [6.07, 6.45) is 3.61. The van der Waals surface area contributed by atoms with Gasteiger partial charge >= 0.3 is 5.97 Å². The summed E-state index contributed by atoms with van der Waals surface area (Å²) < 4.78 is 0. The summed E-state index contributed by atoms with van der Waals surface area (Å²) in [7, 11) is 0. The molecule has 1 rings (SSSR count). The first-order valence-electron chi connectivity index (χ1n) is 4.73. The molecule has 0 aliphatic rings. The summed E-state index contributed by atoms with van der Waals surface area (Å²) >= 11 is 0. The van der Waals surface area contributed by atoms with Crippen LogP contribution >= 0.6 is 0 Å². The van der Waals surface area contributed by atoms with Crippen LogP contribution in [0.2, 0.25) is 0 Å². The van der Waals surface area contributed by atoms with Gasteiger partial charge in [0, 0.05) is 12.4 Å². The third kappa shape index (κ3) is 2.83. The first-order valence-corrected chi connectivity index (χ1v) is 4.73. The molecule has 3 heteroatoms. The lowest BCUT2D eigenvalue weighted by molar-refractivity contribution is -0.137. The van der Waals surface area contributed by atoms with Crippen molar-refractivity contribution in [2.24, 2.45) is 5.92 Å².